The Kier molecular flexibility index (Phi) is 4.80. The SMILES string of the molecule is CCn1cc(COC2(C)CCN(C(=O)OC(C)(C)C)C2)cn1. The highest BCUT2D eigenvalue weighted by atomic mass is 16.6. The van der Waals surface area contributed by atoms with E-state index in [2.05, 4.69) is 12.0 Å². The summed E-state index contributed by atoms with van der Waals surface area (Å²) in [7, 11) is 0. The summed E-state index contributed by atoms with van der Waals surface area (Å²) in [5, 5.41) is 4.24. The lowest BCUT2D eigenvalue weighted by Gasteiger charge is -2.27. The molecule has 0 bridgehead atoms. The maximum absolute atomic E-state index is 12.1. The number of nitrogens with zero attached hydrogens (tertiary/aromatic N) is 3. The third-order valence-electron chi connectivity index (χ3n) is 3.69. The van der Waals surface area contributed by atoms with Crippen LogP contribution in [0.4, 0.5) is 4.79 Å². The van der Waals surface area contributed by atoms with E-state index in [1.807, 2.05) is 44.8 Å². The fraction of sp³-hybridized carbons (Fsp3) is 0.750. The van der Waals surface area contributed by atoms with Crippen molar-refractivity contribution in [1.82, 2.24) is 14.7 Å². The third kappa shape index (κ3) is 4.47. The van der Waals surface area contributed by atoms with E-state index in [0.29, 0.717) is 19.7 Å². The lowest BCUT2D eigenvalue weighted by atomic mass is 10.1. The predicted molar refractivity (Wildman–Crippen MR) is 83.5 cm³/mol. The van der Waals surface area contributed by atoms with Crippen LogP contribution >= 0.6 is 0 Å². The highest BCUT2D eigenvalue weighted by Crippen LogP contribution is 2.27. The molecule has 22 heavy (non-hydrogen) atoms. The monoisotopic (exact) mass is 309 g/mol. The molecule has 2 heterocycles. The molecule has 1 aromatic heterocycles. The maximum Gasteiger partial charge on any atom is 0.410 e. The van der Waals surface area contributed by atoms with E-state index in [4.69, 9.17) is 9.47 Å². The van der Waals surface area contributed by atoms with Crippen LogP contribution in [0.2, 0.25) is 0 Å². The second kappa shape index (κ2) is 6.28. The number of aromatic nitrogens is 2. The Morgan fingerprint density at radius 3 is 2.77 bits per heavy atom. The van der Waals surface area contributed by atoms with Gasteiger partial charge in [0.2, 0.25) is 0 Å². The van der Waals surface area contributed by atoms with Gasteiger partial charge >= 0.3 is 6.09 Å². The normalized spacial score (nSPS) is 22.1. The zero-order valence-corrected chi connectivity index (χ0v) is 14.3. The second-order valence-electron chi connectivity index (χ2n) is 7.09. The van der Waals surface area contributed by atoms with Gasteiger partial charge in [0.1, 0.15) is 5.60 Å². The van der Waals surface area contributed by atoms with Crippen molar-refractivity contribution in [2.45, 2.75) is 65.4 Å². The molecule has 1 amide bonds. The molecule has 0 spiro atoms. The molecule has 1 saturated heterocycles. The fourth-order valence-electron chi connectivity index (χ4n) is 2.44. The van der Waals surface area contributed by atoms with Gasteiger partial charge in [-0.05, 0) is 41.0 Å². The zero-order chi connectivity index (χ0) is 16.4. The van der Waals surface area contributed by atoms with Crippen LogP contribution in [0.25, 0.3) is 0 Å². The molecular weight excluding hydrogens is 282 g/mol. The zero-order valence-electron chi connectivity index (χ0n) is 14.3. The summed E-state index contributed by atoms with van der Waals surface area (Å²) in [6.07, 6.45) is 4.37. The van der Waals surface area contributed by atoms with Crippen LogP contribution in [0.1, 0.15) is 46.6 Å². The molecule has 1 aliphatic rings. The summed E-state index contributed by atoms with van der Waals surface area (Å²) in [5.41, 5.74) is 0.260. The molecule has 6 nitrogen and oxygen atoms in total. The van der Waals surface area contributed by atoms with Crippen molar-refractivity contribution in [2.24, 2.45) is 0 Å². The summed E-state index contributed by atoms with van der Waals surface area (Å²) in [4.78, 5) is 13.8. The Balaban J connectivity index is 1.86. The van der Waals surface area contributed by atoms with E-state index in [0.717, 1.165) is 18.5 Å². The minimum absolute atomic E-state index is 0.265. The molecule has 0 saturated carbocycles. The molecule has 1 unspecified atom stereocenters. The molecule has 0 N–H and O–H groups in total. The first-order valence-electron chi connectivity index (χ1n) is 7.84. The summed E-state index contributed by atoms with van der Waals surface area (Å²) >= 11 is 0. The van der Waals surface area contributed by atoms with Gasteiger partial charge in [-0.3, -0.25) is 4.68 Å². The average Bonchev–Trinajstić information content (AvgIpc) is 3.01. The van der Waals surface area contributed by atoms with E-state index in [1.54, 1.807) is 4.90 Å². The Bertz CT molecular complexity index is 521. The van der Waals surface area contributed by atoms with E-state index < -0.39 is 5.60 Å². The number of likely N-dealkylation sites (tertiary alicyclic amines) is 1. The largest absolute Gasteiger partial charge is 0.444 e. The van der Waals surface area contributed by atoms with Crippen molar-refractivity contribution in [3.63, 3.8) is 0 Å². The molecule has 1 atom stereocenters. The van der Waals surface area contributed by atoms with Crippen LogP contribution in [0.15, 0.2) is 12.4 Å². The summed E-state index contributed by atoms with van der Waals surface area (Å²) in [6.45, 7) is 12.3. The number of hydrogen-bond donors (Lipinski definition) is 0. The standard InChI is InChI=1S/C16H27N3O3/c1-6-19-10-13(9-17-19)11-21-16(5)7-8-18(12-16)14(20)22-15(2,3)4/h9-10H,6-8,11-12H2,1-5H3. The van der Waals surface area contributed by atoms with Crippen LogP contribution in [0.3, 0.4) is 0 Å². The number of amides is 1. The van der Waals surface area contributed by atoms with Crippen molar-refractivity contribution in [3.05, 3.63) is 18.0 Å². The van der Waals surface area contributed by atoms with Crippen LogP contribution in [0, 0.1) is 0 Å². The molecule has 0 aliphatic carbocycles. The molecule has 1 aromatic rings. The Morgan fingerprint density at radius 2 is 2.18 bits per heavy atom. The summed E-state index contributed by atoms with van der Waals surface area (Å²) in [6, 6.07) is 0. The number of carbonyl (C=O) groups excluding carboxylic acids is 1. The fourth-order valence-corrected chi connectivity index (χ4v) is 2.44. The van der Waals surface area contributed by atoms with Crippen LogP contribution < -0.4 is 0 Å². The molecule has 6 heteroatoms. The van der Waals surface area contributed by atoms with E-state index in [9.17, 15) is 4.79 Å². The van der Waals surface area contributed by atoms with Gasteiger partial charge in [-0.25, -0.2) is 4.79 Å². The number of aryl methyl sites for hydroxylation is 1. The van der Waals surface area contributed by atoms with Crippen LogP contribution in [-0.4, -0.2) is 45.1 Å². The van der Waals surface area contributed by atoms with Crippen LogP contribution in [-0.2, 0) is 22.6 Å². The maximum atomic E-state index is 12.1. The first kappa shape index (κ1) is 16.8. The van der Waals surface area contributed by atoms with E-state index >= 15 is 0 Å². The number of carbonyl (C=O) groups is 1. The van der Waals surface area contributed by atoms with Crippen molar-refractivity contribution in [1.29, 1.82) is 0 Å². The second-order valence-corrected chi connectivity index (χ2v) is 7.09. The first-order chi connectivity index (χ1) is 10.2. The van der Waals surface area contributed by atoms with E-state index in [-0.39, 0.29) is 11.7 Å². The van der Waals surface area contributed by atoms with Crippen molar-refractivity contribution in [3.8, 4) is 0 Å². The lowest BCUT2D eigenvalue weighted by Crippen LogP contribution is -2.39. The number of rotatable bonds is 4. The molecule has 1 fully saturated rings. The highest BCUT2D eigenvalue weighted by molar-refractivity contribution is 5.68. The van der Waals surface area contributed by atoms with Crippen LogP contribution in [0.5, 0.6) is 0 Å². The first-order valence-corrected chi connectivity index (χ1v) is 7.84. The van der Waals surface area contributed by atoms with Crippen molar-refractivity contribution >= 4 is 6.09 Å². The van der Waals surface area contributed by atoms with Gasteiger partial charge < -0.3 is 14.4 Å². The van der Waals surface area contributed by atoms with E-state index in [1.165, 1.54) is 0 Å². The topological polar surface area (TPSA) is 56.6 Å². The van der Waals surface area contributed by atoms with Crippen molar-refractivity contribution in [2.75, 3.05) is 13.1 Å². The molecule has 0 aromatic carbocycles. The van der Waals surface area contributed by atoms with Gasteiger partial charge in [0, 0.05) is 24.8 Å². The summed E-state index contributed by atoms with van der Waals surface area (Å²) in [5.74, 6) is 0. The molecule has 0 radical (unpaired) electrons. The molecular formula is C16H27N3O3. The van der Waals surface area contributed by atoms with Gasteiger partial charge in [0.25, 0.3) is 0 Å². The summed E-state index contributed by atoms with van der Waals surface area (Å²) < 4.78 is 13.3. The smallest absolute Gasteiger partial charge is 0.410 e. The average molecular weight is 309 g/mol. The number of hydrogen-bond acceptors (Lipinski definition) is 4. The van der Waals surface area contributed by atoms with Gasteiger partial charge in [0.05, 0.1) is 24.9 Å². The molecule has 1 aliphatic heterocycles. The Hall–Kier alpha value is -1.56. The van der Waals surface area contributed by atoms with Gasteiger partial charge in [-0.2, -0.15) is 5.10 Å². The minimum atomic E-state index is -0.467. The quantitative estimate of drug-likeness (QED) is 0.858. The minimum Gasteiger partial charge on any atom is -0.444 e. The van der Waals surface area contributed by atoms with Gasteiger partial charge in [-0.1, -0.05) is 0 Å². The molecule has 124 valence electrons. The molecule has 2 rings (SSSR count). The Morgan fingerprint density at radius 1 is 1.45 bits per heavy atom. The predicted octanol–water partition coefficient (Wildman–Crippen LogP) is 2.82. The third-order valence-corrected chi connectivity index (χ3v) is 3.69. The lowest BCUT2D eigenvalue weighted by molar-refractivity contribution is -0.0374. The van der Waals surface area contributed by atoms with Gasteiger partial charge in [-0.15, -0.1) is 0 Å². The Labute approximate surface area is 132 Å². The number of ether oxygens (including phenoxy) is 2. The van der Waals surface area contributed by atoms with Gasteiger partial charge in [0.15, 0.2) is 0 Å². The van der Waals surface area contributed by atoms with Crippen molar-refractivity contribution < 1.29 is 14.3 Å². The highest BCUT2D eigenvalue weighted by Gasteiger charge is 2.38.